The van der Waals surface area contributed by atoms with Gasteiger partial charge in [-0.3, -0.25) is 9.78 Å². The smallest absolute Gasteiger partial charge is 0.342 e. The molecule has 1 amide bonds. The van der Waals surface area contributed by atoms with Crippen LogP contribution in [-0.2, 0) is 22.6 Å². The maximum absolute atomic E-state index is 12.5. The van der Waals surface area contributed by atoms with E-state index in [1.807, 2.05) is 43.5 Å². The van der Waals surface area contributed by atoms with Gasteiger partial charge in [-0.15, -0.1) is 11.3 Å². The molecule has 0 bridgehead atoms. The van der Waals surface area contributed by atoms with Crippen molar-refractivity contribution in [3.05, 3.63) is 63.7 Å². The molecule has 0 saturated heterocycles. The minimum Gasteiger partial charge on any atom is -0.496 e. The van der Waals surface area contributed by atoms with Gasteiger partial charge in [-0.05, 0) is 44.4 Å². The number of benzene rings is 1. The number of methoxy groups -OCH3 is 2. The Bertz CT molecular complexity index is 1280. The zero-order chi connectivity index (χ0) is 24.9. The number of nitrogens with zero attached hydrogens (tertiary/aromatic N) is 2. The number of carbonyl (C=O) groups is 2. The molecule has 0 atom stereocenters. The van der Waals surface area contributed by atoms with E-state index in [9.17, 15) is 9.59 Å². The fourth-order valence-electron chi connectivity index (χ4n) is 4.07. The molecule has 1 aliphatic rings. The summed E-state index contributed by atoms with van der Waals surface area (Å²) in [6.07, 6.45) is 5.15. The molecule has 0 radical (unpaired) electrons. The Morgan fingerprint density at radius 1 is 1.20 bits per heavy atom. The summed E-state index contributed by atoms with van der Waals surface area (Å²) in [5.41, 5.74) is 5.49. The standard InChI is InChI=1S/C26H27N3O5S/c1-15(9-11-21(30)29-26-28-20(14-35-26)19-7-5-6-12-27-19)8-10-17-23(32-3)16(2)18-13-34-25(31)22(18)24(17)33-4/h5-8,12,14H,9-11,13H2,1-4H3,(H,28,29,30). The molecule has 2 aromatic heterocycles. The van der Waals surface area contributed by atoms with E-state index in [1.165, 1.54) is 18.4 Å². The van der Waals surface area contributed by atoms with E-state index in [-0.39, 0.29) is 18.5 Å². The maximum atomic E-state index is 12.5. The van der Waals surface area contributed by atoms with E-state index in [4.69, 9.17) is 14.2 Å². The Hall–Kier alpha value is -3.72. The lowest BCUT2D eigenvalue weighted by Crippen LogP contribution is -2.11. The quantitative estimate of drug-likeness (QED) is 0.327. The Morgan fingerprint density at radius 3 is 2.71 bits per heavy atom. The van der Waals surface area contributed by atoms with Crippen molar-refractivity contribution in [3.63, 3.8) is 0 Å². The monoisotopic (exact) mass is 493 g/mol. The number of allylic oxidation sites excluding steroid dienone is 2. The molecule has 182 valence electrons. The van der Waals surface area contributed by atoms with Crippen LogP contribution >= 0.6 is 11.3 Å². The Balaban J connectivity index is 1.40. The molecule has 3 heterocycles. The molecule has 0 fully saturated rings. The van der Waals surface area contributed by atoms with E-state index in [2.05, 4.69) is 15.3 Å². The normalized spacial score (nSPS) is 12.8. The van der Waals surface area contributed by atoms with Gasteiger partial charge in [-0.2, -0.15) is 0 Å². The van der Waals surface area contributed by atoms with E-state index < -0.39 is 0 Å². The van der Waals surface area contributed by atoms with Gasteiger partial charge in [-0.1, -0.05) is 17.7 Å². The number of aromatic nitrogens is 2. The predicted molar refractivity (Wildman–Crippen MR) is 134 cm³/mol. The Morgan fingerprint density at radius 2 is 2.00 bits per heavy atom. The number of hydrogen-bond donors (Lipinski definition) is 1. The third kappa shape index (κ3) is 5.19. The predicted octanol–water partition coefficient (Wildman–Crippen LogP) is 5.11. The lowest BCUT2D eigenvalue weighted by molar-refractivity contribution is -0.116. The van der Waals surface area contributed by atoms with Crippen LogP contribution in [0.3, 0.4) is 0 Å². The molecule has 35 heavy (non-hydrogen) atoms. The van der Waals surface area contributed by atoms with Gasteiger partial charge in [0.1, 0.15) is 29.4 Å². The van der Waals surface area contributed by atoms with E-state index in [0.29, 0.717) is 41.5 Å². The first kappa shape index (κ1) is 24.4. The molecule has 8 nitrogen and oxygen atoms in total. The van der Waals surface area contributed by atoms with Crippen LogP contribution in [0.2, 0.25) is 0 Å². The number of anilines is 1. The van der Waals surface area contributed by atoms with Crippen molar-refractivity contribution in [1.29, 1.82) is 0 Å². The van der Waals surface area contributed by atoms with Crippen molar-refractivity contribution in [2.45, 2.75) is 39.7 Å². The molecule has 1 aromatic carbocycles. The average Bonchev–Trinajstić information content (AvgIpc) is 3.49. The van der Waals surface area contributed by atoms with Crippen LogP contribution in [0.4, 0.5) is 5.13 Å². The van der Waals surface area contributed by atoms with Gasteiger partial charge in [0.2, 0.25) is 5.91 Å². The number of hydrogen-bond acceptors (Lipinski definition) is 8. The molecule has 0 spiro atoms. The highest BCUT2D eigenvalue weighted by atomic mass is 32.1. The highest BCUT2D eigenvalue weighted by Gasteiger charge is 2.32. The van der Waals surface area contributed by atoms with Crippen LogP contribution in [0.5, 0.6) is 11.5 Å². The highest BCUT2D eigenvalue weighted by molar-refractivity contribution is 7.14. The van der Waals surface area contributed by atoms with E-state index in [1.54, 1.807) is 13.3 Å². The number of esters is 1. The lowest BCUT2D eigenvalue weighted by Gasteiger charge is -2.18. The number of nitrogens with one attached hydrogen (secondary N) is 1. The topological polar surface area (TPSA) is 99.6 Å². The molecule has 0 aliphatic carbocycles. The number of pyridine rings is 1. The van der Waals surface area contributed by atoms with Crippen LogP contribution in [0.1, 0.15) is 46.8 Å². The minimum atomic E-state index is -0.380. The van der Waals surface area contributed by atoms with Crippen molar-refractivity contribution < 1.29 is 23.8 Å². The van der Waals surface area contributed by atoms with Crippen LogP contribution in [-0.4, -0.2) is 36.1 Å². The van der Waals surface area contributed by atoms with Gasteiger partial charge in [0.25, 0.3) is 0 Å². The van der Waals surface area contributed by atoms with Crippen molar-refractivity contribution >= 4 is 28.3 Å². The Labute approximate surface area is 208 Å². The first-order valence-electron chi connectivity index (χ1n) is 11.2. The number of thiazole rings is 1. The van der Waals surface area contributed by atoms with Gasteiger partial charge >= 0.3 is 5.97 Å². The van der Waals surface area contributed by atoms with Gasteiger partial charge in [0, 0.05) is 29.1 Å². The Kier molecular flexibility index (Phi) is 7.45. The second-order valence-electron chi connectivity index (χ2n) is 8.16. The summed E-state index contributed by atoms with van der Waals surface area (Å²) < 4.78 is 16.5. The summed E-state index contributed by atoms with van der Waals surface area (Å²) in [4.78, 5) is 33.5. The molecule has 0 saturated carbocycles. The molecule has 1 N–H and O–H groups in total. The number of cyclic esters (lactones) is 1. The second-order valence-corrected chi connectivity index (χ2v) is 9.01. The summed E-state index contributed by atoms with van der Waals surface area (Å²) in [5.74, 6) is 0.688. The molecule has 4 rings (SSSR count). The first-order chi connectivity index (χ1) is 16.9. The van der Waals surface area contributed by atoms with Crippen LogP contribution < -0.4 is 14.8 Å². The van der Waals surface area contributed by atoms with Crippen LogP contribution in [0.15, 0.2) is 41.4 Å². The number of rotatable bonds is 9. The highest BCUT2D eigenvalue weighted by Crippen LogP contribution is 2.42. The molecule has 1 aliphatic heterocycles. The molecular weight excluding hydrogens is 466 g/mol. The van der Waals surface area contributed by atoms with Crippen LogP contribution in [0.25, 0.3) is 11.4 Å². The molecular formula is C26H27N3O5S. The maximum Gasteiger partial charge on any atom is 0.342 e. The van der Waals surface area contributed by atoms with Crippen molar-refractivity contribution in [2.24, 2.45) is 0 Å². The number of ether oxygens (including phenoxy) is 3. The summed E-state index contributed by atoms with van der Waals surface area (Å²) in [6.45, 7) is 4.12. The molecule has 9 heteroatoms. The average molecular weight is 494 g/mol. The van der Waals surface area contributed by atoms with Crippen molar-refractivity contribution in [3.8, 4) is 22.9 Å². The fourth-order valence-corrected chi connectivity index (χ4v) is 4.79. The SMILES string of the molecule is COc1c(C)c2c(c(OC)c1CC=C(C)CCC(=O)Nc1nc(-c3ccccn3)cs1)C(=O)OC2. The first-order valence-corrected chi connectivity index (χ1v) is 12.1. The largest absolute Gasteiger partial charge is 0.496 e. The number of fused-ring (bicyclic) bond motifs is 1. The van der Waals surface area contributed by atoms with Gasteiger partial charge in [0.15, 0.2) is 5.13 Å². The van der Waals surface area contributed by atoms with Crippen molar-refractivity contribution in [2.75, 3.05) is 19.5 Å². The minimum absolute atomic E-state index is 0.106. The zero-order valence-electron chi connectivity index (χ0n) is 20.1. The lowest BCUT2D eigenvalue weighted by atomic mass is 9.94. The third-order valence-corrected chi connectivity index (χ3v) is 6.67. The van der Waals surface area contributed by atoms with Gasteiger partial charge in [0.05, 0.1) is 19.9 Å². The van der Waals surface area contributed by atoms with Crippen LogP contribution in [0, 0.1) is 6.92 Å². The summed E-state index contributed by atoms with van der Waals surface area (Å²) in [7, 11) is 3.15. The summed E-state index contributed by atoms with van der Waals surface area (Å²) in [6, 6.07) is 5.63. The fraction of sp³-hybridized carbons (Fsp3) is 0.308. The van der Waals surface area contributed by atoms with Crippen molar-refractivity contribution in [1.82, 2.24) is 9.97 Å². The molecule has 0 unspecified atom stereocenters. The van der Waals surface area contributed by atoms with E-state index in [0.717, 1.165) is 33.7 Å². The zero-order valence-corrected chi connectivity index (χ0v) is 21.0. The third-order valence-electron chi connectivity index (χ3n) is 5.91. The molecule has 3 aromatic rings. The van der Waals surface area contributed by atoms with Gasteiger partial charge < -0.3 is 19.5 Å². The van der Waals surface area contributed by atoms with E-state index >= 15 is 0 Å². The number of amides is 1. The summed E-state index contributed by atoms with van der Waals surface area (Å²) in [5, 5.41) is 5.28. The number of carbonyl (C=O) groups excluding carboxylic acids is 2. The second kappa shape index (κ2) is 10.7. The van der Waals surface area contributed by atoms with Gasteiger partial charge in [-0.25, -0.2) is 9.78 Å². The summed E-state index contributed by atoms with van der Waals surface area (Å²) >= 11 is 1.37.